The summed E-state index contributed by atoms with van der Waals surface area (Å²) in [6.45, 7) is 0.197. The van der Waals surface area contributed by atoms with E-state index in [4.69, 9.17) is 9.47 Å². The van der Waals surface area contributed by atoms with Crippen LogP contribution in [0, 0.1) is 0 Å². The highest BCUT2D eigenvalue weighted by Crippen LogP contribution is 2.39. The minimum absolute atomic E-state index is 0.0144. The molecule has 1 unspecified atom stereocenters. The Kier molecular flexibility index (Phi) is 7.71. The summed E-state index contributed by atoms with van der Waals surface area (Å²) in [5, 5.41) is 15.1. The number of halogens is 3. The third-order valence-corrected chi connectivity index (χ3v) is 5.42. The molecule has 4 heterocycles. The third-order valence-electron chi connectivity index (χ3n) is 5.42. The Hall–Kier alpha value is -4.33. The van der Waals surface area contributed by atoms with Crippen LogP contribution in [0.5, 0.6) is 11.5 Å². The number of hydrogen-bond donors (Lipinski definition) is 3. The number of aryl methyl sites for hydroxylation is 2. The number of nitrogens with one attached hydrogen (secondary N) is 2. The van der Waals surface area contributed by atoms with E-state index < -0.39 is 18.9 Å². The number of pyridine rings is 1. The Balaban J connectivity index is 1.68. The van der Waals surface area contributed by atoms with Crippen LogP contribution < -0.4 is 20.3 Å². The van der Waals surface area contributed by atoms with Crippen LogP contribution in [0.2, 0.25) is 0 Å². The topological polar surface area (TPSA) is 132 Å². The zero-order chi connectivity index (χ0) is 27.4. The van der Waals surface area contributed by atoms with Gasteiger partial charge in [0.1, 0.15) is 28.7 Å². The second-order valence-corrected chi connectivity index (χ2v) is 8.55. The maximum Gasteiger partial charge on any atom is 0.422 e. The lowest BCUT2D eigenvalue weighted by molar-refractivity contribution is -0.153. The summed E-state index contributed by atoms with van der Waals surface area (Å²) in [5.41, 5.74) is 0.758. The highest BCUT2D eigenvalue weighted by atomic mass is 19.4. The Morgan fingerprint density at radius 3 is 2.61 bits per heavy atom. The summed E-state index contributed by atoms with van der Waals surface area (Å²) in [6, 6.07) is 3.16. The van der Waals surface area contributed by atoms with Crippen LogP contribution in [0.4, 0.5) is 24.8 Å². The van der Waals surface area contributed by atoms with Gasteiger partial charge in [0.2, 0.25) is 0 Å². The number of aromatic nitrogens is 6. The zero-order valence-corrected chi connectivity index (χ0v) is 20.8. The van der Waals surface area contributed by atoms with Crippen LogP contribution in [0.1, 0.15) is 13.3 Å². The largest absolute Gasteiger partial charge is 0.490 e. The molecular formula is C24H26F3N7O4. The van der Waals surface area contributed by atoms with Gasteiger partial charge < -0.3 is 29.6 Å². The number of H-pyrrole nitrogens is 1. The molecule has 4 rings (SSSR count). The molecule has 0 aliphatic rings. The fourth-order valence-corrected chi connectivity index (χ4v) is 3.61. The quantitative estimate of drug-likeness (QED) is 0.283. The fourth-order valence-electron chi connectivity index (χ4n) is 3.61. The first kappa shape index (κ1) is 26.7. The minimum Gasteiger partial charge on any atom is -0.490 e. The van der Waals surface area contributed by atoms with Gasteiger partial charge in [-0.3, -0.25) is 9.48 Å². The summed E-state index contributed by atoms with van der Waals surface area (Å²) in [6.07, 6.45) is 2.89. The minimum atomic E-state index is -4.50. The van der Waals surface area contributed by atoms with E-state index in [2.05, 4.69) is 25.4 Å². The number of anilines is 2. The van der Waals surface area contributed by atoms with Crippen molar-refractivity contribution in [3.05, 3.63) is 53.5 Å². The van der Waals surface area contributed by atoms with Crippen LogP contribution in [-0.2, 0) is 14.1 Å². The number of hydrogen-bond acceptors (Lipinski definition) is 8. The number of alkyl halides is 3. The first-order valence-corrected chi connectivity index (χ1v) is 11.5. The maximum absolute atomic E-state index is 12.8. The Morgan fingerprint density at radius 2 is 1.92 bits per heavy atom. The predicted octanol–water partition coefficient (Wildman–Crippen LogP) is 3.41. The highest BCUT2D eigenvalue weighted by molar-refractivity contribution is 5.76. The standard InChI is InChI=1S/C24H26F3N7O4/c1-14(5-7-35)38-18-8-21(31-20-4-6-28-22(32-20)16-10-30-34(3)23(16)36)29-9-15(18)17-11-33(2)12-19(17)37-13-24(25,26)27/h4,6,8-12,14,30,35H,5,7,13H2,1-3H3,(H,28,29,31,32). The number of rotatable bonds is 10. The van der Waals surface area contributed by atoms with Crippen LogP contribution in [0.25, 0.3) is 22.5 Å². The van der Waals surface area contributed by atoms with Crippen molar-refractivity contribution in [3.8, 4) is 34.0 Å². The van der Waals surface area contributed by atoms with Crippen LogP contribution in [-0.4, -0.2) is 59.9 Å². The molecule has 0 radical (unpaired) electrons. The van der Waals surface area contributed by atoms with Crippen molar-refractivity contribution >= 4 is 11.6 Å². The van der Waals surface area contributed by atoms with Crippen molar-refractivity contribution in [2.75, 3.05) is 18.5 Å². The van der Waals surface area contributed by atoms with Crippen LogP contribution >= 0.6 is 0 Å². The molecule has 0 aliphatic carbocycles. The molecule has 0 bridgehead atoms. The van der Waals surface area contributed by atoms with Gasteiger partial charge in [-0.25, -0.2) is 15.0 Å². The number of aliphatic hydroxyl groups is 1. The normalized spacial score (nSPS) is 12.4. The molecule has 202 valence electrons. The summed E-state index contributed by atoms with van der Waals surface area (Å²) >= 11 is 0. The molecule has 0 amide bonds. The molecule has 3 N–H and O–H groups in total. The number of ether oxygens (including phenoxy) is 2. The first-order valence-electron chi connectivity index (χ1n) is 11.5. The molecule has 0 aromatic carbocycles. The summed E-state index contributed by atoms with van der Waals surface area (Å²) in [7, 11) is 3.23. The van der Waals surface area contributed by atoms with E-state index in [1.807, 2.05) is 0 Å². The third kappa shape index (κ3) is 6.32. The smallest absolute Gasteiger partial charge is 0.422 e. The number of aromatic amines is 1. The van der Waals surface area contributed by atoms with Gasteiger partial charge in [0.05, 0.1) is 6.10 Å². The summed E-state index contributed by atoms with van der Waals surface area (Å²) in [5.74, 6) is 1.19. The van der Waals surface area contributed by atoms with Gasteiger partial charge in [0, 0.05) is 75.3 Å². The molecule has 4 aromatic rings. The van der Waals surface area contributed by atoms with Gasteiger partial charge in [0.25, 0.3) is 5.56 Å². The van der Waals surface area contributed by atoms with Crippen molar-refractivity contribution in [2.45, 2.75) is 25.6 Å². The summed E-state index contributed by atoms with van der Waals surface area (Å²) < 4.78 is 52.4. The lowest BCUT2D eigenvalue weighted by Gasteiger charge is -2.18. The SMILES string of the molecule is CC(CCO)Oc1cc(Nc2ccnc(-c3c[nH]n(C)c3=O)n2)ncc1-c1cn(C)cc1OCC(F)(F)F. The molecular weight excluding hydrogens is 507 g/mol. The van der Waals surface area contributed by atoms with Crippen molar-refractivity contribution in [3.63, 3.8) is 0 Å². The molecule has 14 heteroatoms. The van der Waals surface area contributed by atoms with Crippen molar-refractivity contribution < 1.29 is 27.8 Å². The van der Waals surface area contributed by atoms with Gasteiger partial charge in [-0.05, 0) is 13.0 Å². The number of aliphatic hydroxyl groups excluding tert-OH is 1. The van der Waals surface area contributed by atoms with E-state index in [1.54, 1.807) is 43.9 Å². The van der Waals surface area contributed by atoms with Crippen molar-refractivity contribution in [1.29, 1.82) is 0 Å². The van der Waals surface area contributed by atoms with E-state index in [0.29, 0.717) is 34.9 Å². The average molecular weight is 534 g/mol. The highest BCUT2D eigenvalue weighted by Gasteiger charge is 2.29. The second-order valence-electron chi connectivity index (χ2n) is 8.55. The lowest BCUT2D eigenvalue weighted by atomic mass is 10.1. The molecule has 4 aromatic heterocycles. The van der Waals surface area contributed by atoms with Gasteiger partial charge >= 0.3 is 6.18 Å². The van der Waals surface area contributed by atoms with E-state index in [1.165, 1.54) is 29.5 Å². The maximum atomic E-state index is 12.8. The molecule has 11 nitrogen and oxygen atoms in total. The lowest BCUT2D eigenvalue weighted by Crippen LogP contribution is -2.19. The van der Waals surface area contributed by atoms with E-state index in [9.17, 15) is 23.1 Å². The van der Waals surface area contributed by atoms with E-state index in [0.717, 1.165) is 0 Å². The Morgan fingerprint density at radius 1 is 1.13 bits per heavy atom. The van der Waals surface area contributed by atoms with Gasteiger partial charge in [-0.2, -0.15) is 13.2 Å². The second kappa shape index (κ2) is 11.0. The average Bonchev–Trinajstić information content (AvgIpc) is 3.39. The first-order chi connectivity index (χ1) is 18.0. The predicted molar refractivity (Wildman–Crippen MR) is 132 cm³/mol. The van der Waals surface area contributed by atoms with Crippen LogP contribution in [0.15, 0.2) is 47.9 Å². The molecule has 0 fully saturated rings. The van der Waals surface area contributed by atoms with Gasteiger partial charge in [-0.1, -0.05) is 0 Å². The van der Waals surface area contributed by atoms with Crippen molar-refractivity contribution in [1.82, 2.24) is 29.3 Å². The monoisotopic (exact) mass is 533 g/mol. The fraction of sp³-hybridized carbons (Fsp3) is 0.333. The van der Waals surface area contributed by atoms with E-state index >= 15 is 0 Å². The van der Waals surface area contributed by atoms with Crippen molar-refractivity contribution in [2.24, 2.45) is 14.1 Å². The molecule has 0 saturated carbocycles. The molecule has 1 atom stereocenters. The molecule has 0 spiro atoms. The van der Waals surface area contributed by atoms with Crippen LogP contribution in [0.3, 0.4) is 0 Å². The zero-order valence-electron chi connectivity index (χ0n) is 20.8. The van der Waals surface area contributed by atoms with Gasteiger partial charge in [-0.15, -0.1) is 0 Å². The number of nitrogens with zero attached hydrogens (tertiary/aromatic N) is 5. The summed E-state index contributed by atoms with van der Waals surface area (Å²) in [4.78, 5) is 25.2. The van der Waals surface area contributed by atoms with E-state index in [-0.39, 0.29) is 29.3 Å². The van der Waals surface area contributed by atoms with Gasteiger partial charge in [0.15, 0.2) is 12.4 Å². The molecule has 38 heavy (non-hydrogen) atoms. The Labute approximate surface area is 214 Å². The molecule has 0 saturated heterocycles. The Bertz CT molecular complexity index is 1460. The molecule has 0 aliphatic heterocycles.